The molecular weight excluding hydrogens is 307 g/mol. The normalized spacial score (nSPS) is 18.5. The second-order valence-electron chi connectivity index (χ2n) is 7.54. The molecule has 1 unspecified atom stereocenters. The molecule has 1 saturated heterocycles. The highest BCUT2D eigenvalue weighted by Crippen LogP contribution is 2.16. The predicted octanol–water partition coefficient (Wildman–Crippen LogP) is 3.67. The van der Waals surface area contributed by atoms with Crippen LogP contribution in [0.3, 0.4) is 0 Å². The second-order valence-corrected chi connectivity index (χ2v) is 7.54. The number of hydrogen-bond acceptors (Lipinski definition) is 3. The molecule has 1 N–H and O–H groups in total. The van der Waals surface area contributed by atoms with Crippen molar-refractivity contribution in [2.24, 2.45) is 0 Å². The first-order chi connectivity index (χ1) is 11.2. The average molecular weight is 336 g/mol. The van der Waals surface area contributed by atoms with Gasteiger partial charge in [-0.2, -0.15) is 0 Å². The van der Waals surface area contributed by atoms with Crippen molar-refractivity contribution in [1.29, 1.82) is 0 Å². The van der Waals surface area contributed by atoms with E-state index >= 15 is 0 Å². The molecule has 5 heteroatoms. The van der Waals surface area contributed by atoms with Gasteiger partial charge in [0.1, 0.15) is 11.4 Å². The monoisotopic (exact) mass is 336 g/mol. The van der Waals surface area contributed by atoms with Crippen molar-refractivity contribution in [2.75, 3.05) is 19.6 Å². The smallest absolute Gasteiger partial charge is 0.410 e. The molecule has 0 bridgehead atoms. The lowest BCUT2D eigenvalue weighted by Gasteiger charge is -2.34. The molecule has 0 aromatic heterocycles. The number of carbonyl (C=O) groups excluding carboxylic acids is 1. The van der Waals surface area contributed by atoms with Crippen LogP contribution in [0.1, 0.15) is 44.7 Å². The van der Waals surface area contributed by atoms with Gasteiger partial charge in [-0.25, -0.2) is 9.18 Å². The summed E-state index contributed by atoms with van der Waals surface area (Å²) in [6.07, 6.45) is 2.66. The van der Waals surface area contributed by atoms with E-state index in [0.29, 0.717) is 6.54 Å². The summed E-state index contributed by atoms with van der Waals surface area (Å²) >= 11 is 0. The highest BCUT2D eigenvalue weighted by molar-refractivity contribution is 5.68. The van der Waals surface area contributed by atoms with Gasteiger partial charge >= 0.3 is 6.09 Å². The van der Waals surface area contributed by atoms with E-state index in [-0.39, 0.29) is 18.0 Å². The Labute approximate surface area is 144 Å². The summed E-state index contributed by atoms with van der Waals surface area (Å²) in [5.41, 5.74) is 1.68. The zero-order valence-corrected chi connectivity index (χ0v) is 15.2. The summed E-state index contributed by atoms with van der Waals surface area (Å²) in [7, 11) is 0. The van der Waals surface area contributed by atoms with Crippen molar-refractivity contribution in [1.82, 2.24) is 10.2 Å². The van der Waals surface area contributed by atoms with Crippen LogP contribution < -0.4 is 5.32 Å². The molecule has 0 aliphatic carbocycles. The number of nitrogens with zero attached hydrogens (tertiary/aromatic N) is 1. The standard InChI is InChI=1S/C19H29FN2O2/c1-14-12-16(20)8-7-15(14)9-10-21-17-6-5-11-22(13-17)18(23)24-19(2,3)4/h7-8,12,17,21H,5-6,9-11,13H2,1-4H3. The molecule has 0 radical (unpaired) electrons. The highest BCUT2D eigenvalue weighted by Gasteiger charge is 2.27. The van der Waals surface area contributed by atoms with Crippen LogP contribution in [0.4, 0.5) is 9.18 Å². The van der Waals surface area contributed by atoms with E-state index in [1.54, 1.807) is 11.0 Å². The number of halogens is 1. The molecule has 1 amide bonds. The van der Waals surface area contributed by atoms with Gasteiger partial charge in [-0.1, -0.05) is 6.07 Å². The Morgan fingerprint density at radius 3 is 2.83 bits per heavy atom. The summed E-state index contributed by atoms with van der Waals surface area (Å²) in [6.45, 7) is 9.84. The van der Waals surface area contributed by atoms with Gasteiger partial charge in [-0.3, -0.25) is 0 Å². The first kappa shape index (κ1) is 18.7. The first-order valence-corrected chi connectivity index (χ1v) is 8.71. The maximum absolute atomic E-state index is 13.1. The Bertz CT molecular complexity index is 569. The average Bonchev–Trinajstić information content (AvgIpc) is 2.48. The van der Waals surface area contributed by atoms with Crippen LogP contribution in [-0.2, 0) is 11.2 Å². The van der Waals surface area contributed by atoms with E-state index in [4.69, 9.17) is 4.74 Å². The van der Waals surface area contributed by atoms with Crippen molar-refractivity contribution in [3.63, 3.8) is 0 Å². The summed E-state index contributed by atoms with van der Waals surface area (Å²) in [4.78, 5) is 14.0. The molecule has 2 rings (SSSR count). The zero-order chi connectivity index (χ0) is 17.7. The minimum atomic E-state index is -0.461. The third-order valence-corrected chi connectivity index (χ3v) is 4.21. The number of ether oxygens (including phenoxy) is 1. The maximum atomic E-state index is 13.1. The minimum Gasteiger partial charge on any atom is -0.444 e. The second kappa shape index (κ2) is 7.97. The number of amides is 1. The van der Waals surface area contributed by atoms with Crippen molar-refractivity contribution in [3.8, 4) is 0 Å². The fourth-order valence-corrected chi connectivity index (χ4v) is 2.99. The lowest BCUT2D eigenvalue weighted by molar-refractivity contribution is 0.0188. The molecule has 24 heavy (non-hydrogen) atoms. The number of benzene rings is 1. The maximum Gasteiger partial charge on any atom is 0.410 e. The number of piperidine rings is 1. The summed E-state index contributed by atoms with van der Waals surface area (Å²) in [5, 5.41) is 3.52. The molecule has 1 aliphatic rings. The van der Waals surface area contributed by atoms with Crippen molar-refractivity contribution < 1.29 is 13.9 Å². The fraction of sp³-hybridized carbons (Fsp3) is 0.632. The number of carbonyl (C=O) groups is 1. The Morgan fingerprint density at radius 2 is 2.17 bits per heavy atom. The van der Waals surface area contributed by atoms with Crippen molar-refractivity contribution in [2.45, 2.75) is 58.6 Å². The third-order valence-electron chi connectivity index (χ3n) is 4.21. The van der Waals surface area contributed by atoms with Gasteiger partial charge in [0.05, 0.1) is 0 Å². The number of rotatable bonds is 4. The first-order valence-electron chi connectivity index (χ1n) is 8.71. The highest BCUT2D eigenvalue weighted by atomic mass is 19.1. The zero-order valence-electron chi connectivity index (χ0n) is 15.2. The molecule has 1 aliphatic heterocycles. The number of likely N-dealkylation sites (tertiary alicyclic amines) is 1. The SMILES string of the molecule is Cc1cc(F)ccc1CCNC1CCCN(C(=O)OC(C)(C)C)C1. The largest absolute Gasteiger partial charge is 0.444 e. The van der Waals surface area contributed by atoms with E-state index in [0.717, 1.165) is 43.5 Å². The lowest BCUT2D eigenvalue weighted by atomic mass is 10.0. The Balaban J connectivity index is 1.79. The van der Waals surface area contributed by atoms with Gasteiger partial charge in [0.25, 0.3) is 0 Å². The van der Waals surface area contributed by atoms with E-state index in [1.165, 1.54) is 6.07 Å². The Hall–Kier alpha value is -1.62. The van der Waals surface area contributed by atoms with Gasteiger partial charge in [-0.05, 0) is 76.8 Å². The van der Waals surface area contributed by atoms with Crippen LogP contribution in [0.25, 0.3) is 0 Å². The molecule has 4 nitrogen and oxygen atoms in total. The van der Waals surface area contributed by atoms with Crippen molar-refractivity contribution in [3.05, 3.63) is 35.1 Å². The summed E-state index contributed by atoms with van der Waals surface area (Å²) in [5.74, 6) is -0.190. The summed E-state index contributed by atoms with van der Waals surface area (Å²) in [6, 6.07) is 5.21. The van der Waals surface area contributed by atoms with E-state index < -0.39 is 5.60 Å². The molecule has 1 fully saturated rings. The van der Waals surface area contributed by atoms with Gasteiger partial charge < -0.3 is 15.0 Å². The van der Waals surface area contributed by atoms with E-state index in [2.05, 4.69) is 5.32 Å². The van der Waals surface area contributed by atoms with Gasteiger partial charge in [-0.15, -0.1) is 0 Å². The lowest BCUT2D eigenvalue weighted by Crippen LogP contribution is -2.49. The van der Waals surface area contributed by atoms with Crippen LogP contribution in [0.15, 0.2) is 18.2 Å². The number of hydrogen-bond donors (Lipinski definition) is 1. The number of aryl methyl sites for hydroxylation is 1. The van der Waals surface area contributed by atoms with Crippen LogP contribution in [0.2, 0.25) is 0 Å². The van der Waals surface area contributed by atoms with Crippen LogP contribution >= 0.6 is 0 Å². The topological polar surface area (TPSA) is 41.6 Å². The predicted molar refractivity (Wildman–Crippen MR) is 93.7 cm³/mol. The molecule has 0 spiro atoms. The van der Waals surface area contributed by atoms with Crippen LogP contribution in [0.5, 0.6) is 0 Å². The van der Waals surface area contributed by atoms with Gasteiger partial charge in [0.15, 0.2) is 0 Å². The van der Waals surface area contributed by atoms with Crippen LogP contribution in [-0.4, -0.2) is 42.3 Å². The Morgan fingerprint density at radius 1 is 1.42 bits per heavy atom. The molecule has 0 saturated carbocycles. The molecule has 1 aromatic rings. The number of nitrogens with one attached hydrogen (secondary N) is 1. The van der Waals surface area contributed by atoms with Crippen LogP contribution in [0, 0.1) is 12.7 Å². The quantitative estimate of drug-likeness (QED) is 0.912. The summed E-state index contributed by atoms with van der Waals surface area (Å²) < 4.78 is 18.6. The van der Waals surface area contributed by atoms with Gasteiger partial charge in [0, 0.05) is 19.1 Å². The van der Waals surface area contributed by atoms with E-state index in [9.17, 15) is 9.18 Å². The molecule has 1 aromatic carbocycles. The van der Waals surface area contributed by atoms with Crippen molar-refractivity contribution >= 4 is 6.09 Å². The Kier molecular flexibility index (Phi) is 6.21. The fourth-order valence-electron chi connectivity index (χ4n) is 2.99. The molecule has 1 atom stereocenters. The minimum absolute atomic E-state index is 0.190. The molecule has 1 heterocycles. The van der Waals surface area contributed by atoms with E-state index in [1.807, 2.05) is 33.8 Å². The molecule has 134 valence electrons. The third kappa shape index (κ3) is 5.78. The van der Waals surface area contributed by atoms with Gasteiger partial charge in [0.2, 0.25) is 0 Å². The molecular formula is C19H29FN2O2.